The molecule has 0 spiro atoms. The molecule has 0 saturated heterocycles. The van der Waals surface area contributed by atoms with E-state index in [0.717, 1.165) is 28.8 Å². The number of hydrogen-bond donors (Lipinski definition) is 1. The zero-order chi connectivity index (χ0) is 14.7. The summed E-state index contributed by atoms with van der Waals surface area (Å²) in [5.41, 5.74) is 8.92. The Labute approximate surface area is 123 Å². The molecule has 0 aliphatic carbocycles. The van der Waals surface area contributed by atoms with Gasteiger partial charge < -0.3 is 14.9 Å². The summed E-state index contributed by atoms with van der Waals surface area (Å²) in [5, 5.41) is 0. The van der Waals surface area contributed by atoms with Gasteiger partial charge in [-0.25, -0.2) is 4.98 Å². The zero-order valence-electron chi connectivity index (χ0n) is 12.0. The van der Waals surface area contributed by atoms with Gasteiger partial charge >= 0.3 is 0 Å². The molecule has 3 rings (SSSR count). The van der Waals surface area contributed by atoms with E-state index in [4.69, 9.17) is 14.9 Å². The van der Waals surface area contributed by atoms with E-state index in [0.29, 0.717) is 12.3 Å². The summed E-state index contributed by atoms with van der Waals surface area (Å²) >= 11 is 0. The Bertz CT molecular complexity index is 722. The molecule has 3 aromatic rings. The van der Waals surface area contributed by atoms with Gasteiger partial charge in [-0.3, -0.25) is 0 Å². The van der Waals surface area contributed by atoms with Crippen LogP contribution in [0, 0.1) is 0 Å². The Hall–Kier alpha value is -2.33. The van der Waals surface area contributed by atoms with Crippen LogP contribution < -0.4 is 10.5 Å². The number of aromatic nitrogens is 1. The van der Waals surface area contributed by atoms with E-state index in [9.17, 15) is 0 Å². The highest BCUT2D eigenvalue weighted by atomic mass is 16.5. The van der Waals surface area contributed by atoms with Gasteiger partial charge in [0, 0.05) is 18.5 Å². The van der Waals surface area contributed by atoms with E-state index in [1.165, 1.54) is 0 Å². The van der Waals surface area contributed by atoms with Gasteiger partial charge in [-0.05, 0) is 24.1 Å². The molecule has 0 aliphatic rings. The fraction of sp³-hybridized carbons (Fsp3) is 0.235. The van der Waals surface area contributed by atoms with E-state index in [1.807, 2.05) is 48.5 Å². The van der Waals surface area contributed by atoms with Crippen LogP contribution in [-0.2, 0) is 6.42 Å². The van der Waals surface area contributed by atoms with Crippen LogP contribution in [0.15, 0.2) is 52.9 Å². The number of nitrogens with two attached hydrogens (primary N) is 1. The Morgan fingerprint density at radius 2 is 2.00 bits per heavy atom. The molecule has 0 aliphatic heterocycles. The highest BCUT2D eigenvalue weighted by molar-refractivity contribution is 5.74. The SMILES string of the molecule is COc1ccc2nc(CCC(N)c3ccccc3)oc2c1. The van der Waals surface area contributed by atoms with Crippen LogP contribution in [-0.4, -0.2) is 12.1 Å². The minimum Gasteiger partial charge on any atom is -0.497 e. The monoisotopic (exact) mass is 282 g/mol. The summed E-state index contributed by atoms with van der Waals surface area (Å²) < 4.78 is 10.9. The van der Waals surface area contributed by atoms with Gasteiger partial charge in [-0.15, -0.1) is 0 Å². The second kappa shape index (κ2) is 5.97. The standard InChI is InChI=1S/C17H18N2O2/c1-20-13-7-9-15-16(11-13)21-17(19-15)10-8-14(18)12-5-3-2-4-6-12/h2-7,9,11,14H,8,10,18H2,1H3. The second-order valence-electron chi connectivity index (χ2n) is 5.00. The quantitative estimate of drug-likeness (QED) is 0.778. The highest BCUT2D eigenvalue weighted by Crippen LogP contribution is 2.23. The molecular weight excluding hydrogens is 264 g/mol. The molecule has 0 amide bonds. The first kappa shape index (κ1) is 13.6. The predicted molar refractivity (Wildman–Crippen MR) is 82.3 cm³/mol. The second-order valence-corrected chi connectivity index (χ2v) is 5.00. The van der Waals surface area contributed by atoms with Crippen molar-refractivity contribution in [1.29, 1.82) is 0 Å². The maximum absolute atomic E-state index is 6.19. The lowest BCUT2D eigenvalue weighted by molar-refractivity contribution is 0.414. The molecule has 1 heterocycles. The number of nitrogens with zero attached hydrogens (tertiary/aromatic N) is 1. The molecule has 2 N–H and O–H groups in total. The van der Waals surface area contributed by atoms with Crippen LogP contribution in [0.4, 0.5) is 0 Å². The van der Waals surface area contributed by atoms with Crippen LogP contribution in [0.3, 0.4) is 0 Å². The van der Waals surface area contributed by atoms with E-state index in [2.05, 4.69) is 4.98 Å². The van der Waals surface area contributed by atoms with Crippen molar-refractivity contribution in [2.75, 3.05) is 7.11 Å². The lowest BCUT2D eigenvalue weighted by atomic mass is 10.0. The molecule has 4 heteroatoms. The Kier molecular flexibility index (Phi) is 3.88. The maximum atomic E-state index is 6.19. The number of oxazole rings is 1. The summed E-state index contributed by atoms with van der Waals surface area (Å²) in [4.78, 5) is 4.48. The van der Waals surface area contributed by atoms with E-state index < -0.39 is 0 Å². The van der Waals surface area contributed by atoms with Crippen LogP contribution in [0.25, 0.3) is 11.1 Å². The first-order chi connectivity index (χ1) is 10.3. The average molecular weight is 282 g/mol. The van der Waals surface area contributed by atoms with Crippen LogP contribution >= 0.6 is 0 Å². The van der Waals surface area contributed by atoms with Crippen molar-refractivity contribution in [3.8, 4) is 5.75 Å². The smallest absolute Gasteiger partial charge is 0.195 e. The van der Waals surface area contributed by atoms with Gasteiger partial charge in [0.25, 0.3) is 0 Å². The van der Waals surface area contributed by atoms with Gasteiger partial charge in [0.15, 0.2) is 11.5 Å². The third kappa shape index (κ3) is 3.06. The number of rotatable bonds is 5. The van der Waals surface area contributed by atoms with E-state index in [-0.39, 0.29) is 6.04 Å². The predicted octanol–water partition coefficient (Wildman–Crippen LogP) is 3.47. The molecule has 2 aromatic carbocycles. The Morgan fingerprint density at radius 3 is 2.76 bits per heavy atom. The topological polar surface area (TPSA) is 61.3 Å². The van der Waals surface area contributed by atoms with Crippen LogP contribution in [0.2, 0.25) is 0 Å². The first-order valence-corrected chi connectivity index (χ1v) is 7.00. The lowest BCUT2D eigenvalue weighted by Crippen LogP contribution is -2.11. The fourth-order valence-electron chi connectivity index (χ4n) is 2.33. The molecule has 21 heavy (non-hydrogen) atoms. The van der Waals surface area contributed by atoms with Crippen molar-refractivity contribution in [1.82, 2.24) is 4.98 Å². The van der Waals surface area contributed by atoms with E-state index in [1.54, 1.807) is 7.11 Å². The molecular formula is C17H18N2O2. The average Bonchev–Trinajstić information content (AvgIpc) is 2.95. The third-order valence-electron chi connectivity index (χ3n) is 3.54. The summed E-state index contributed by atoms with van der Waals surface area (Å²) in [5.74, 6) is 1.48. The first-order valence-electron chi connectivity index (χ1n) is 7.00. The maximum Gasteiger partial charge on any atom is 0.195 e. The van der Waals surface area contributed by atoms with Crippen LogP contribution in [0.1, 0.15) is 23.9 Å². The number of aryl methyl sites for hydroxylation is 1. The minimum atomic E-state index is -0.00394. The van der Waals surface area contributed by atoms with E-state index >= 15 is 0 Å². The van der Waals surface area contributed by atoms with Crippen molar-refractivity contribution in [3.63, 3.8) is 0 Å². The van der Waals surface area contributed by atoms with Crippen molar-refractivity contribution in [2.24, 2.45) is 5.73 Å². The summed E-state index contributed by atoms with van der Waals surface area (Å²) in [6, 6.07) is 15.7. The molecule has 0 fully saturated rings. The Morgan fingerprint density at radius 1 is 1.19 bits per heavy atom. The molecule has 1 atom stereocenters. The highest BCUT2D eigenvalue weighted by Gasteiger charge is 2.10. The number of ether oxygens (including phenoxy) is 1. The zero-order valence-corrected chi connectivity index (χ0v) is 12.0. The summed E-state index contributed by atoms with van der Waals surface area (Å²) in [7, 11) is 1.64. The van der Waals surface area contributed by atoms with Crippen molar-refractivity contribution >= 4 is 11.1 Å². The van der Waals surface area contributed by atoms with Gasteiger partial charge in [0.2, 0.25) is 0 Å². The largest absolute Gasteiger partial charge is 0.497 e. The summed E-state index contributed by atoms with van der Waals surface area (Å²) in [6.07, 6.45) is 1.51. The van der Waals surface area contributed by atoms with Gasteiger partial charge in [-0.2, -0.15) is 0 Å². The lowest BCUT2D eigenvalue weighted by Gasteiger charge is -2.10. The number of hydrogen-bond acceptors (Lipinski definition) is 4. The third-order valence-corrected chi connectivity index (χ3v) is 3.54. The molecule has 1 unspecified atom stereocenters. The molecule has 4 nitrogen and oxygen atoms in total. The number of fused-ring (bicyclic) bond motifs is 1. The van der Waals surface area contributed by atoms with Gasteiger partial charge in [0.05, 0.1) is 7.11 Å². The molecule has 108 valence electrons. The molecule has 0 saturated carbocycles. The molecule has 0 radical (unpaired) electrons. The normalized spacial score (nSPS) is 12.5. The summed E-state index contributed by atoms with van der Waals surface area (Å²) in [6.45, 7) is 0. The molecule has 1 aromatic heterocycles. The van der Waals surface area contributed by atoms with Crippen molar-refractivity contribution in [2.45, 2.75) is 18.9 Å². The van der Waals surface area contributed by atoms with Crippen molar-refractivity contribution in [3.05, 3.63) is 60.0 Å². The number of benzene rings is 2. The Balaban J connectivity index is 1.70. The van der Waals surface area contributed by atoms with Gasteiger partial charge in [0.1, 0.15) is 11.3 Å². The molecule has 0 bridgehead atoms. The number of methoxy groups -OCH3 is 1. The van der Waals surface area contributed by atoms with Gasteiger partial charge in [-0.1, -0.05) is 30.3 Å². The van der Waals surface area contributed by atoms with Crippen LogP contribution in [0.5, 0.6) is 5.75 Å². The van der Waals surface area contributed by atoms with Crippen molar-refractivity contribution < 1.29 is 9.15 Å². The minimum absolute atomic E-state index is 0.00394. The fourth-order valence-corrected chi connectivity index (χ4v) is 2.33.